The van der Waals surface area contributed by atoms with Crippen LogP contribution in [0.25, 0.3) is 11.8 Å². The van der Waals surface area contributed by atoms with E-state index in [0.717, 1.165) is 43.0 Å². The fourth-order valence-electron chi connectivity index (χ4n) is 3.99. The van der Waals surface area contributed by atoms with Crippen LogP contribution in [0.15, 0.2) is 35.0 Å². The average Bonchev–Trinajstić information content (AvgIpc) is 3.05. The summed E-state index contributed by atoms with van der Waals surface area (Å²) in [5, 5.41) is 9.12. The zero-order chi connectivity index (χ0) is 21.7. The first-order chi connectivity index (χ1) is 14.5. The molecule has 0 saturated carbocycles. The van der Waals surface area contributed by atoms with Crippen molar-refractivity contribution in [2.75, 3.05) is 26.7 Å². The Kier molecular flexibility index (Phi) is 6.86. The summed E-state index contributed by atoms with van der Waals surface area (Å²) in [5.74, 6) is 0.747. The molecule has 0 amide bonds. The Balaban J connectivity index is 2.13. The highest BCUT2D eigenvalue weighted by Gasteiger charge is 2.26. The van der Waals surface area contributed by atoms with Gasteiger partial charge in [0, 0.05) is 17.5 Å². The van der Waals surface area contributed by atoms with E-state index in [0.29, 0.717) is 29.1 Å². The van der Waals surface area contributed by atoms with Crippen LogP contribution >= 0.6 is 0 Å². The molecule has 0 atom stereocenters. The van der Waals surface area contributed by atoms with Crippen molar-refractivity contribution in [3.63, 3.8) is 0 Å². The number of aliphatic imine (C=N–C) groups is 1. The minimum Gasteiger partial charge on any atom is -0.501 e. The predicted molar refractivity (Wildman–Crippen MR) is 120 cm³/mol. The van der Waals surface area contributed by atoms with Gasteiger partial charge in [0.15, 0.2) is 5.78 Å². The van der Waals surface area contributed by atoms with E-state index < -0.39 is 0 Å². The molecule has 2 heterocycles. The Labute approximate surface area is 178 Å². The summed E-state index contributed by atoms with van der Waals surface area (Å²) >= 11 is 0. The molecule has 0 radical (unpaired) electrons. The summed E-state index contributed by atoms with van der Waals surface area (Å²) in [6.45, 7) is 9.81. The van der Waals surface area contributed by atoms with E-state index in [2.05, 4.69) is 22.7 Å². The number of ketones is 1. The molecule has 30 heavy (non-hydrogen) atoms. The summed E-state index contributed by atoms with van der Waals surface area (Å²) in [7, 11) is 1.61. The number of allylic oxidation sites excluding steroid dienone is 1. The van der Waals surface area contributed by atoms with Crippen molar-refractivity contribution in [1.29, 1.82) is 5.26 Å². The van der Waals surface area contributed by atoms with Crippen molar-refractivity contribution < 1.29 is 9.53 Å². The van der Waals surface area contributed by atoms with Crippen molar-refractivity contribution in [3.05, 3.63) is 52.5 Å². The lowest BCUT2D eigenvalue weighted by Gasteiger charge is -2.25. The van der Waals surface area contributed by atoms with Gasteiger partial charge in [-0.25, -0.2) is 0 Å². The molecule has 0 spiro atoms. The zero-order valence-electron chi connectivity index (χ0n) is 17.9. The van der Waals surface area contributed by atoms with Crippen LogP contribution in [-0.2, 0) is 4.74 Å². The topological polar surface area (TPSA) is 70.6 Å². The molecule has 0 unspecified atom stereocenters. The van der Waals surface area contributed by atoms with Gasteiger partial charge in [-0.3, -0.25) is 14.7 Å². The first kappa shape index (κ1) is 21.5. The Morgan fingerprint density at radius 2 is 1.93 bits per heavy atom. The standard InChI is InChI=1S/C24H28N4O2/c1-17(30-4)14-21-24(26-3)23(22(29)16-27-12-6-5-7-13-27)18(2)28(21)20-10-8-19(15-25)9-11-20/h8-11,14H,3,5-7,12-13,16H2,1-2,4H3/b17-14+. The van der Waals surface area contributed by atoms with Crippen LogP contribution in [0, 0.1) is 18.3 Å². The van der Waals surface area contributed by atoms with E-state index in [9.17, 15) is 4.79 Å². The number of rotatable bonds is 7. The monoisotopic (exact) mass is 404 g/mol. The number of Topliss-reactive ketones (excluding diaryl/α,β-unsaturated/α-hetero) is 1. The highest BCUT2D eigenvalue weighted by atomic mass is 16.5. The SMILES string of the molecule is C=Nc1c(C(=O)CN2CCCCC2)c(C)n(-c2ccc(C#N)cc2)c1/C=C(\C)OC. The quantitative estimate of drug-likeness (QED) is 0.382. The molecule has 3 rings (SSSR count). The average molecular weight is 405 g/mol. The Morgan fingerprint density at radius 3 is 2.50 bits per heavy atom. The molecule has 0 N–H and O–H groups in total. The fourth-order valence-corrected chi connectivity index (χ4v) is 3.99. The van der Waals surface area contributed by atoms with Crippen LogP contribution in [0.5, 0.6) is 0 Å². The van der Waals surface area contributed by atoms with Gasteiger partial charge in [-0.15, -0.1) is 0 Å². The first-order valence-corrected chi connectivity index (χ1v) is 10.2. The van der Waals surface area contributed by atoms with Crippen LogP contribution in [0.2, 0.25) is 0 Å². The molecule has 6 nitrogen and oxygen atoms in total. The number of likely N-dealkylation sites (tertiary alicyclic amines) is 1. The predicted octanol–water partition coefficient (Wildman–Crippen LogP) is 4.67. The van der Waals surface area contributed by atoms with Gasteiger partial charge in [-0.05, 0) is 70.8 Å². The van der Waals surface area contributed by atoms with E-state index in [4.69, 9.17) is 10.00 Å². The fraction of sp³-hybridized carbons (Fsp3) is 0.375. The number of hydrogen-bond donors (Lipinski definition) is 0. The van der Waals surface area contributed by atoms with Crippen molar-refractivity contribution >= 4 is 24.3 Å². The number of nitriles is 1. The maximum Gasteiger partial charge on any atom is 0.180 e. The summed E-state index contributed by atoms with van der Waals surface area (Å²) < 4.78 is 7.34. The van der Waals surface area contributed by atoms with Crippen LogP contribution in [0.1, 0.15) is 53.5 Å². The highest BCUT2D eigenvalue weighted by molar-refractivity contribution is 6.05. The first-order valence-electron chi connectivity index (χ1n) is 10.2. The molecule has 1 saturated heterocycles. The summed E-state index contributed by atoms with van der Waals surface area (Å²) in [6, 6.07) is 9.41. The normalized spacial score (nSPS) is 14.9. The second-order valence-electron chi connectivity index (χ2n) is 7.57. The van der Waals surface area contributed by atoms with Crippen LogP contribution in [0.3, 0.4) is 0 Å². The van der Waals surface area contributed by atoms with Gasteiger partial charge in [-0.2, -0.15) is 5.26 Å². The third-order valence-corrected chi connectivity index (χ3v) is 5.59. The van der Waals surface area contributed by atoms with Crippen LogP contribution in [0.4, 0.5) is 5.69 Å². The van der Waals surface area contributed by atoms with Gasteiger partial charge < -0.3 is 9.30 Å². The number of carbonyl (C=O) groups excluding carboxylic acids is 1. The third-order valence-electron chi connectivity index (χ3n) is 5.59. The summed E-state index contributed by atoms with van der Waals surface area (Å²) in [5.41, 5.74) is 4.14. The van der Waals surface area contributed by atoms with Crippen molar-refractivity contribution in [1.82, 2.24) is 9.47 Å². The molecular formula is C24H28N4O2. The third kappa shape index (κ3) is 4.37. The molecule has 156 valence electrons. The van der Waals surface area contributed by atoms with E-state index in [1.165, 1.54) is 6.42 Å². The van der Waals surface area contributed by atoms with E-state index in [1.807, 2.05) is 36.6 Å². The van der Waals surface area contributed by atoms with Crippen LogP contribution < -0.4 is 0 Å². The molecule has 2 aromatic rings. The lowest BCUT2D eigenvalue weighted by Crippen LogP contribution is -2.34. The zero-order valence-corrected chi connectivity index (χ0v) is 17.9. The molecular weight excluding hydrogens is 376 g/mol. The minimum atomic E-state index is 0.0499. The number of aromatic nitrogens is 1. The molecule has 0 aliphatic carbocycles. The van der Waals surface area contributed by atoms with Crippen molar-refractivity contribution in [3.8, 4) is 11.8 Å². The smallest absolute Gasteiger partial charge is 0.180 e. The van der Waals surface area contributed by atoms with E-state index in [1.54, 1.807) is 19.2 Å². The van der Waals surface area contributed by atoms with Gasteiger partial charge >= 0.3 is 0 Å². The van der Waals surface area contributed by atoms with Crippen LogP contribution in [-0.4, -0.2) is 48.7 Å². The maximum absolute atomic E-state index is 13.3. The number of benzene rings is 1. The number of hydrogen-bond acceptors (Lipinski definition) is 5. The second-order valence-corrected chi connectivity index (χ2v) is 7.57. The molecule has 1 fully saturated rings. The Morgan fingerprint density at radius 1 is 1.27 bits per heavy atom. The molecule has 1 aliphatic heterocycles. The largest absolute Gasteiger partial charge is 0.501 e. The van der Waals surface area contributed by atoms with E-state index >= 15 is 0 Å². The van der Waals surface area contributed by atoms with Gasteiger partial charge in [0.05, 0.1) is 48.0 Å². The van der Waals surface area contributed by atoms with Gasteiger partial charge in [0.25, 0.3) is 0 Å². The molecule has 1 aromatic carbocycles. The summed E-state index contributed by atoms with van der Waals surface area (Å²) in [6.07, 6.45) is 5.36. The van der Waals surface area contributed by atoms with Gasteiger partial charge in [0.2, 0.25) is 0 Å². The Hall–Kier alpha value is -3.17. The molecule has 6 heteroatoms. The highest BCUT2D eigenvalue weighted by Crippen LogP contribution is 2.35. The second kappa shape index (κ2) is 9.55. The lowest BCUT2D eigenvalue weighted by molar-refractivity contribution is 0.0916. The molecule has 1 aromatic heterocycles. The van der Waals surface area contributed by atoms with Gasteiger partial charge in [0.1, 0.15) is 0 Å². The number of ether oxygens (including phenoxy) is 1. The van der Waals surface area contributed by atoms with E-state index in [-0.39, 0.29) is 5.78 Å². The van der Waals surface area contributed by atoms with Gasteiger partial charge in [-0.1, -0.05) is 6.42 Å². The number of carbonyl (C=O) groups is 1. The molecule has 1 aliphatic rings. The number of piperidine rings is 1. The van der Waals surface area contributed by atoms with Crippen molar-refractivity contribution in [2.24, 2.45) is 4.99 Å². The van der Waals surface area contributed by atoms with Crippen molar-refractivity contribution in [2.45, 2.75) is 33.1 Å². The maximum atomic E-state index is 13.3. The number of nitrogens with zero attached hydrogens (tertiary/aromatic N) is 4. The Bertz CT molecular complexity index is 1000. The lowest BCUT2D eigenvalue weighted by atomic mass is 10.1. The summed E-state index contributed by atoms with van der Waals surface area (Å²) in [4.78, 5) is 19.8. The minimum absolute atomic E-state index is 0.0499. The molecule has 0 bridgehead atoms. The number of methoxy groups -OCH3 is 1.